The Morgan fingerprint density at radius 3 is 2.55 bits per heavy atom. The second-order valence-corrected chi connectivity index (χ2v) is 7.51. The van der Waals surface area contributed by atoms with Crippen molar-refractivity contribution < 1.29 is 14.6 Å². The molecule has 0 aliphatic carbocycles. The van der Waals surface area contributed by atoms with Crippen LogP contribution in [0.15, 0.2) is 72.1 Å². The summed E-state index contributed by atoms with van der Waals surface area (Å²) in [5.74, 6) is -0.178. The molecule has 5 heteroatoms. The monoisotopic (exact) mass is 401 g/mol. The fraction of sp³-hybridized carbons (Fsp3) is 0.0833. The molecular formula is C24H19NO3S. The van der Waals surface area contributed by atoms with Crippen molar-refractivity contribution in [2.75, 3.05) is 7.11 Å². The molecule has 29 heavy (non-hydrogen) atoms. The predicted octanol–water partition coefficient (Wildman–Crippen LogP) is 6.16. The molecule has 4 aromatic rings. The second kappa shape index (κ2) is 7.89. The summed E-state index contributed by atoms with van der Waals surface area (Å²) in [5, 5.41) is 12.6. The average molecular weight is 401 g/mol. The van der Waals surface area contributed by atoms with Crippen molar-refractivity contribution in [1.82, 2.24) is 4.98 Å². The number of nitrogens with zero attached hydrogens (tertiary/aromatic N) is 1. The van der Waals surface area contributed by atoms with E-state index in [0.717, 1.165) is 38.7 Å². The van der Waals surface area contributed by atoms with E-state index >= 15 is 0 Å². The minimum absolute atomic E-state index is 0.273. The lowest BCUT2D eigenvalue weighted by molar-refractivity contribution is 0.0698. The number of carbonyl (C=O) groups is 1. The topological polar surface area (TPSA) is 59.4 Å². The molecule has 0 atom stereocenters. The van der Waals surface area contributed by atoms with E-state index in [0.29, 0.717) is 5.56 Å². The number of carboxylic acid groups (broad SMARTS) is 1. The summed E-state index contributed by atoms with van der Waals surface area (Å²) < 4.78 is 5.29. The quantitative estimate of drug-likeness (QED) is 0.435. The zero-order chi connectivity index (χ0) is 20.4. The number of hydrogen-bond donors (Lipinski definition) is 1. The van der Waals surface area contributed by atoms with E-state index in [1.165, 1.54) is 11.3 Å². The molecule has 0 radical (unpaired) electrons. The maximum absolute atomic E-state index is 12.0. The van der Waals surface area contributed by atoms with E-state index in [9.17, 15) is 9.90 Å². The van der Waals surface area contributed by atoms with Crippen molar-refractivity contribution in [3.63, 3.8) is 0 Å². The molecule has 3 aromatic carbocycles. The number of methoxy groups -OCH3 is 1. The Balaban J connectivity index is 1.75. The van der Waals surface area contributed by atoms with Crippen molar-refractivity contribution in [1.29, 1.82) is 0 Å². The maximum Gasteiger partial charge on any atom is 0.336 e. The van der Waals surface area contributed by atoms with Crippen LogP contribution in [0.5, 0.6) is 5.75 Å². The predicted molar refractivity (Wildman–Crippen MR) is 117 cm³/mol. The molecule has 0 fully saturated rings. The van der Waals surface area contributed by atoms with Crippen molar-refractivity contribution in [2.45, 2.75) is 6.92 Å². The first-order valence-electron chi connectivity index (χ1n) is 9.10. The number of rotatable bonds is 5. The highest BCUT2D eigenvalue weighted by Gasteiger charge is 2.16. The van der Waals surface area contributed by atoms with Gasteiger partial charge in [-0.3, -0.25) is 0 Å². The Hall–Kier alpha value is -3.44. The first-order valence-corrected chi connectivity index (χ1v) is 9.98. The molecule has 4 rings (SSSR count). The lowest BCUT2D eigenvalue weighted by atomic mass is 9.94. The fourth-order valence-electron chi connectivity index (χ4n) is 3.29. The van der Waals surface area contributed by atoms with Gasteiger partial charge in [0.1, 0.15) is 10.8 Å². The molecule has 0 amide bonds. The summed E-state index contributed by atoms with van der Waals surface area (Å²) in [6.07, 6.45) is 0. The number of aryl methyl sites for hydroxylation is 1. The molecule has 0 aliphatic rings. The van der Waals surface area contributed by atoms with Crippen molar-refractivity contribution in [2.24, 2.45) is 0 Å². The van der Waals surface area contributed by atoms with E-state index < -0.39 is 5.97 Å². The molecule has 0 unspecified atom stereocenters. The normalized spacial score (nSPS) is 10.7. The van der Waals surface area contributed by atoms with Crippen molar-refractivity contribution in [3.8, 4) is 38.7 Å². The number of hydrogen-bond acceptors (Lipinski definition) is 4. The molecule has 144 valence electrons. The standard InChI is InChI=1S/C24H19NO3S/c1-15-6-3-4-9-19(15)20-11-10-17(13-21(20)24(26)27)23-25-22(14-29-23)16-7-5-8-18(12-16)28-2/h3-14H,1-2H3,(H,26,27). The van der Waals surface area contributed by atoms with E-state index in [-0.39, 0.29) is 5.56 Å². The van der Waals surface area contributed by atoms with Gasteiger partial charge in [-0.05, 0) is 41.8 Å². The number of ether oxygens (including phenoxy) is 1. The van der Waals surface area contributed by atoms with Gasteiger partial charge < -0.3 is 9.84 Å². The van der Waals surface area contributed by atoms with Crippen LogP contribution in [0.25, 0.3) is 33.0 Å². The molecule has 4 nitrogen and oxygen atoms in total. The SMILES string of the molecule is COc1cccc(-c2csc(-c3ccc(-c4ccccc4C)c(C(=O)O)c3)n2)c1. The van der Waals surface area contributed by atoms with Gasteiger partial charge in [-0.15, -0.1) is 11.3 Å². The van der Waals surface area contributed by atoms with Crippen LogP contribution in [0.4, 0.5) is 0 Å². The van der Waals surface area contributed by atoms with Crippen LogP contribution in [0.2, 0.25) is 0 Å². The van der Waals surface area contributed by atoms with Gasteiger partial charge in [0, 0.05) is 16.5 Å². The zero-order valence-corrected chi connectivity index (χ0v) is 16.9. The highest BCUT2D eigenvalue weighted by molar-refractivity contribution is 7.13. The number of thiazole rings is 1. The Morgan fingerprint density at radius 1 is 0.966 bits per heavy atom. The summed E-state index contributed by atoms with van der Waals surface area (Å²) >= 11 is 1.49. The second-order valence-electron chi connectivity index (χ2n) is 6.65. The van der Waals surface area contributed by atoms with Gasteiger partial charge in [0.25, 0.3) is 0 Å². The van der Waals surface area contributed by atoms with Crippen molar-refractivity contribution in [3.05, 3.63) is 83.2 Å². The number of aromatic nitrogens is 1. The van der Waals surface area contributed by atoms with Gasteiger partial charge in [0.05, 0.1) is 18.4 Å². The Bertz CT molecular complexity index is 1200. The fourth-order valence-corrected chi connectivity index (χ4v) is 4.11. The summed E-state index contributed by atoms with van der Waals surface area (Å²) in [7, 11) is 1.63. The van der Waals surface area contributed by atoms with Crippen LogP contribution >= 0.6 is 11.3 Å². The largest absolute Gasteiger partial charge is 0.497 e. The third-order valence-electron chi connectivity index (χ3n) is 4.80. The minimum Gasteiger partial charge on any atom is -0.497 e. The number of benzene rings is 3. The third-order valence-corrected chi connectivity index (χ3v) is 5.69. The molecular weight excluding hydrogens is 382 g/mol. The third kappa shape index (κ3) is 3.77. The Morgan fingerprint density at radius 2 is 1.79 bits per heavy atom. The van der Waals surface area contributed by atoms with Crippen LogP contribution in [-0.4, -0.2) is 23.2 Å². The van der Waals surface area contributed by atoms with Crippen LogP contribution in [-0.2, 0) is 0 Å². The van der Waals surface area contributed by atoms with E-state index in [4.69, 9.17) is 9.72 Å². The van der Waals surface area contributed by atoms with Gasteiger partial charge >= 0.3 is 5.97 Å². The molecule has 1 aromatic heterocycles. The van der Waals surface area contributed by atoms with Gasteiger partial charge in [-0.2, -0.15) is 0 Å². The minimum atomic E-state index is -0.949. The Kier molecular flexibility index (Phi) is 5.14. The highest BCUT2D eigenvalue weighted by Crippen LogP contribution is 2.34. The maximum atomic E-state index is 12.0. The van der Waals surface area contributed by atoms with E-state index in [1.807, 2.05) is 73.0 Å². The van der Waals surface area contributed by atoms with Gasteiger partial charge in [0.15, 0.2) is 0 Å². The smallest absolute Gasteiger partial charge is 0.336 e. The molecule has 0 saturated carbocycles. The molecule has 0 aliphatic heterocycles. The van der Waals surface area contributed by atoms with Crippen LogP contribution in [0.1, 0.15) is 15.9 Å². The molecule has 1 heterocycles. The Labute approximate surface area is 173 Å². The van der Waals surface area contributed by atoms with Crippen molar-refractivity contribution >= 4 is 17.3 Å². The van der Waals surface area contributed by atoms with Gasteiger partial charge in [-0.25, -0.2) is 9.78 Å². The van der Waals surface area contributed by atoms with E-state index in [1.54, 1.807) is 13.2 Å². The molecule has 0 spiro atoms. The first kappa shape index (κ1) is 18.9. The van der Waals surface area contributed by atoms with Gasteiger partial charge in [0.2, 0.25) is 0 Å². The number of aromatic carboxylic acids is 1. The first-order chi connectivity index (χ1) is 14.1. The number of carboxylic acids is 1. The zero-order valence-electron chi connectivity index (χ0n) is 16.0. The summed E-state index contributed by atoms with van der Waals surface area (Å²) in [6, 6.07) is 21.0. The highest BCUT2D eigenvalue weighted by atomic mass is 32.1. The summed E-state index contributed by atoms with van der Waals surface area (Å²) in [5.41, 5.74) is 5.54. The molecule has 0 saturated heterocycles. The lowest BCUT2D eigenvalue weighted by Gasteiger charge is -2.10. The average Bonchev–Trinajstić information content (AvgIpc) is 3.24. The van der Waals surface area contributed by atoms with Crippen LogP contribution in [0.3, 0.4) is 0 Å². The van der Waals surface area contributed by atoms with Gasteiger partial charge in [-0.1, -0.05) is 48.5 Å². The van der Waals surface area contributed by atoms with Crippen LogP contribution < -0.4 is 4.74 Å². The van der Waals surface area contributed by atoms with Crippen LogP contribution in [0, 0.1) is 6.92 Å². The molecule has 1 N–H and O–H groups in total. The lowest BCUT2D eigenvalue weighted by Crippen LogP contribution is -2.01. The van der Waals surface area contributed by atoms with E-state index in [2.05, 4.69) is 0 Å². The summed E-state index contributed by atoms with van der Waals surface area (Å²) in [4.78, 5) is 16.7. The molecule has 0 bridgehead atoms. The summed E-state index contributed by atoms with van der Waals surface area (Å²) in [6.45, 7) is 1.98.